The van der Waals surface area contributed by atoms with Crippen molar-refractivity contribution in [2.75, 3.05) is 13.1 Å². The summed E-state index contributed by atoms with van der Waals surface area (Å²) in [6.45, 7) is 12.0. The highest BCUT2D eigenvalue weighted by atomic mass is 15.2. The van der Waals surface area contributed by atoms with Crippen molar-refractivity contribution in [3.63, 3.8) is 0 Å². The smallest absolute Gasteiger partial charge is 0.0257 e. The summed E-state index contributed by atoms with van der Waals surface area (Å²) in [5.74, 6) is 0. The third-order valence-corrected chi connectivity index (χ3v) is 5.55. The van der Waals surface area contributed by atoms with Crippen LogP contribution in [0.4, 0.5) is 0 Å². The van der Waals surface area contributed by atoms with Crippen LogP contribution in [-0.4, -0.2) is 36.1 Å². The maximum Gasteiger partial charge on any atom is 0.0257 e. The van der Waals surface area contributed by atoms with E-state index >= 15 is 0 Å². The fourth-order valence-electron chi connectivity index (χ4n) is 4.50. The van der Waals surface area contributed by atoms with Gasteiger partial charge in [0.1, 0.15) is 0 Å². The van der Waals surface area contributed by atoms with Gasteiger partial charge in [0.05, 0.1) is 0 Å². The van der Waals surface area contributed by atoms with Crippen LogP contribution in [0.25, 0.3) is 0 Å². The SMILES string of the molecule is CCCC1CCCCN1C1CC(C)(C)CCC1NCC. The normalized spacial score (nSPS) is 35.1. The summed E-state index contributed by atoms with van der Waals surface area (Å²) < 4.78 is 0. The van der Waals surface area contributed by atoms with E-state index < -0.39 is 0 Å². The maximum absolute atomic E-state index is 3.79. The third kappa shape index (κ3) is 3.98. The lowest BCUT2D eigenvalue weighted by molar-refractivity contribution is 0.0149. The maximum atomic E-state index is 3.79. The van der Waals surface area contributed by atoms with Crippen molar-refractivity contribution in [1.29, 1.82) is 0 Å². The third-order valence-electron chi connectivity index (χ3n) is 5.55. The van der Waals surface area contributed by atoms with Crippen LogP contribution in [0.3, 0.4) is 0 Å². The number of likely N-dealkylation sites (tertiary alicyclic amines) is 1. The molecule has 2 rings (SSSR count). The second kappa shape index (κ2) is 7.26. The van der Waals surface area contributed by atoms with E-state index in [-0.39, 0.29) is 0 Å². The van der Waals surface area contributed by atoms with E-state index in [1.807, 2.05) is 0 Å². The van der Waals surface area contributed by atoms with Gasteiger partial charge in [-0.2, -0.15) is 0 Å². The Hall–Kier alpha value is -0.0800. The van der Waals surface area contributed by atoms with Gasteiger partial charge in [-0.3, -0.25) is 4.90 Å². The average molecular weight is 281 g/mol. The molecule has 0 amide bonds. The number of piperidine rings is 1. The quantitative estimate of drug-likeness (QED) is 0.812. The topological polar surface area (TPSA) is 15.3 Å². The number of nitrogens with one attached hydrogen (secondary N) is 1. The molecule has 1 saturated heterocycles. The second-order valence-corrected chi connectivity index (χ2v) is 7.81. The highest BCUT2D eigenvalue weighted by Gasteiger charge is 2.40. The van der Waals surface area contributed by atoms with E-state index in [0.29, 0.717) is 5.41 Å². The fourth-order valence-corrected chi connectivity index (χ4v) is 4.50. The number of hydrogen-bond donors (Lipinski definition) is 1. The molecule has 1 aliphatic heterocycles. The van der Waals surface area contributed by atoms with Crippen molar-refractivity contribution in [3.05, 3.63) is 0 Å². The van der Waals surface area contributed by atoms with Gasteiger partial charge in [-0.1, -0.05) is 40.5 Å². The molecule has 0 aromatic heterocycles. The summed E-state index contributed by atoms with van der Waals surface area (Å²) in [7, 11) is 0. The monoisotopic (exact) mass is 280 g/mol. The lowest BCUT2D eigenvalue weighted by Gasteiger charge is -2.50. The second-order valence-electron chi connectivity index (χ2n) is 7.81. The summed E-state index contributed by atoms with van der Waals surface area (Å²) in [6.07, 6.45) is 11.2. The minimum atomic E-state index is 0.533. The molecule has 3 atom stereocenters. The van der Waals surface area contributed by atoms with Gasteiger partial charge in [-0.25, -0.2) is 0 Å². The van der Waals surface area contributed by atoms with Gasteiger partial charge < -0.3 is 5.32 Å². The standard InChI is InChI=1S/C18H36N2/c1-5-9-15-10-7-8-13-20(15)17-14-18(3,4)12-11-16(17)19-6-2/h15-17,19H,5-14H2,1-4H3. The zero-order valence-electron chi connectivity index (χ0n) is 14.3. The molecule has 0 radical (unpaired) electrons. The largest absolute Gasteiger partial charge is 0.313 e. The molecule has 0 aromatic rings. The molecule has 1 aliphatic carbocycles. The Kier molecular flexibility index (Phi) is 5.92. The van der Waals surface area contributed by atoms with Gasteiger partial charge in [0, 0.05) is 18.1 Å². The van der Waals surface area contributed by atoms with Gasteiger partial charge in [-0.15, -0.1) is 0 Å². The molecule has 20 heavy (non-hydrogen) atoms. The van der Waals surface area contributed by atoms with Crippen molar-refractivity contribution < 1.29 is 0 Å². The molecule has 0 aromatic carbocycles. The summed E-state index contributed by atoms with van der Waals surface area (Å²) in [5, 5.41) is 3.79. The van der Waals surface area contributed by atoms with E-state index in [0.717, 1.165) is 24.7 Å². The van der Waals surface area contributed by atoms with Crippen molar-refractivity contribution in [3.8, 4) is 0 Å². The lowest BCUT2D eigenvalue weighted by Crippen LogP contribution is -2.58. The predicted molar refractivity (Wildman–Crippen MR) is 88.1 cm³/mol. The van der Waals surface area contributed by atoms with Gasteiger partial charge in [0.25, 0.3) is 0 Å². The summed E-state index contributed by atoms with van der Waals surface area (Å²) >= 11 is 0. The number of likely N-dealkylation sites (N-methyl/N-ethyl adjacent to an activating group) is 1. The van der Waals surface area contributed by atoms with Crippen LogP contribution in [0.5, 0.6) is 0 Å². The van der Waals surface area contributed by atoms with Crippen LogP contribution in [-0.2, 0) is 0 Å². The van der Waals surface area contributed by atoms with E-state index in [1.54, 1.807) is 0 Å². The Bertz CT molecular complexity index is 285. The zero-order valence-corrected chi connectivity index (χ0v) is 14.3. The van der Waals surface area contributed by atoms with Gasteiger partial charge in [-0.05, 0) is 57.0 Å². The molecule has 2 aliphatic rings. The molecule has 1 N–H and O–H groups in total. The fraction of sp³-hybridized carbons (Fsp3) is 1.00. The highest BCUT2D eigenvalue weighted by Crippen LogP contribution is 2.39. The van der Waals surface area contributed by atoms with Gasteiger partial charge >= 0.3 is 0 Å². The first-order valence-electron chi connectivity index (χ1n) is 9.06. The molecule has 1 saturated carbocycles. The molecular weight excluding hydrogens is 244 g/mol. The van der Waals surface area contributed by atoms with Crippen molar-refractivity contribution >= 4 is 0 Å². The molecule has 2 heteroatoms. The number of nitrogens with zero attached hydrogens (tertiary/aromatic N) is 1. The Morgan fingerprint density at radius 1 is 1.15 bits per heavy atom. The van der Waals surface area contributed by atoms with Crippen LogP contribution in [0.2, 0.25) is 0 Å². The minimum absolute atomic E-state index is 0.533. The summed E-state index contributed by atoms with van der Waals surface area (Å²) in [4.78, 5) is 2.90. The molecule has 0 spiro atoms. The molecule has 2 fully saturated rings. The summed E-state index contributed by atoms with van der Waals surface area (Å²) in [5.41, 5.74) is 0.533. The first kappa shape index (κ1) is 16.3. The van der Waals surface area contributed by atoms with Gasteiger partial charge in [0.15, 0.2) is 0 Å². The van der Waals surface area contributed by atoms with Crippen molar-refractivity contribution in [2.45, 2.75) is 97.2 Å². The Morgan fingerprint density at radius 3 is 2.65 bits per heavy atom. The van der Waals surface area contributed by atoms with Crippen LogP contribution >= 0.6 is 0 Å². The van der Waals surface area contributed by atoms with Gasteiger partial charge in [0.2, 0.25) is 0 Å². The highest BCUT2D eigenvalue weighted by molar-refractivity contribution is 4.97. The van der Waals surface area contributed by atoms with E-state index in [1.165, 1.54) is 57.9 Å². The number of rotatable bonds is 5. The van der Waals surface area contributed by atoms with E-state index in [2.05, 4.69) is 37.9 Å². The van der Waals surface area contributed by atoms with Crippen LogP contribution < -0.4 is 5.32 Å². The Morgan fingerprint density at radius 2 is 1.95 bits per heavy atom. The minimum Gasteiger partial charge on any atom is -0.313 e. The lowest BCUT2D eigenvalue weighted by atomic mass is 9.71. The molecule has 3 unspecified atom stereocenters. The van der Waals surface area contributed by atoms with Crippen molar-refractivity contribution in [2.24, 2.45) is 5.41 Å². The zero-order chi connectivity index (χ0) is 14.6. The molecule has 1 heterocycles. The van der Waals surface area contributed by atoms with Crippen LogP contribution in [0, 0.1) is 5.41 Å². The Balaban J connectivity index is 2.10. The van der Waals surface area contributed by atoms with E-state index in [4.69, 9.17) is 0 Å². The molecule has 0 bridgehead atoms. The molecular formula is C18H36N2. The van der Waals surface area contributed by atoms with Crippen molar-refractivity contribution in [1.82, 2.24) is 10.2 Å². The van der Waals surface area contributed by atoms with Crippen LogP contribution in [0.15, 0.2) is 0 Å². The number of hydrogen-bond acceptors (Lipinski definition) is 2. The Labute approximate surface area is 126 Å². The van der Waals surface area contributed by atoms with Crippen LogP contribution in [0.1, 0.15) is 79.1 Å². The van der Waals surface area contributed by atoms with E-state index in [9.17, 15) is 0 Å². The molecule has 118 valence electrons. The predicted octanol–water partition coefficient (Wildman–Crippen LogP) is 4.20. The average Bonchev–Trinajstić information content (AvgIpc) is 2.42. The first-order valence-corrected chi connectivity index (χ1v) is 9.06. The summed E-state index contributed by atoms with van der Waals surface area (Å²) in [6, 6.07) is 2.36. The first-order chi connectivity index (χ1) is 9.57. The molecule has 2 nitrogen and oxygen atoms in total.